The van der Waals surface area contributed by atoms with Crippen LogP contribution in [0.4, 0.5) is 0 Å². The van der Waals surface area contributed by atoms with Crippen molar-refractivity contribution in [1.82, 2.24) is 0 Å². The second-order valence-corrected chi connectivity index (χ2v) is 5.37. The summed E-state index contributed by atoms with van der Waals surface area (Å²) < 4.78 is 4.26. The van der Waals surface area contributed by atoms with Crippen molar-refractivity contribution in [2.75, 3.05) is 6.61 Å². The molecule has 0 atom stereocenters. The molecule has 1 aliphatic rings. The molecule has 0 unspecified atom stereocenters. The van der Waals surface area contributed by atoms with Crippen LogP contribution in [-0.4, -0.2) is 19.3 Å². The van der Waals surface area contributed by atoms with Crippen LogP contribution in [0.25, 0.3) is 0 Å². The van der Waals surface area contributed by atoms with Crippen LogP contribution in [0.1, 0.15) is 13.3 Å². The number of hydrogen-bond donors (Lipinski definition) is 1. The van der Waals surface area contributed by atoms with E-state index in [1.54, 1.807) is 6.92 Å². The van der Waals surface area contributed by atoms with Gasteiger partial charge >= 0.3 is 45.6 Å². The first-order valence-corrected chi connectivity index (χ1v) is 9.92. The third-order valence-electron chi connectivity index (χ3n) is 0.827. The van der Waals surface area contributed by atoms with Gasteiger partial charge < -0.3 is 9.68 Å². The minimum atomic E-state index is -0.826. The van der Waals surface area contributed by atoms with E-state index >= 15 is 0 Å². The molecule has 0 aromatic carbocycles. The van der Waals surface area contributed by atoms with Gasteiger partial charge in [-0.15, -0.1) is 6.42 Å². The quantitative estimate of drug-likeness (QED) is 0.626. The molecular weight excluding hydrogens is 289 g/mol. The van der Waals surface area contributed by atoms with Crippen molar-refractivity contribution >= 4 is 24.7 Å². The molecule has 0 aliphatic heterocycles. The molecule has 0 amide bonds. The van der Waals surface area contributed by atoms with Crippen molar-refractivity contribution in [3.63, 3.8) is 0 Å². The average Bonchev–Trinajstić information content (AvgIpc) is 2.64. The van der Waals surface area contributed by atoms with E-state index in [2.05, 4.69) is 16.8 Å². The van der Waals surface area contributed by atoms with E-state index in [-0.39, 0.29) is 0 Å². The van der Waals surface area contributed by atoms with Gasteiger partial charge in [0.25, 0.3) is 0 Å². The van der Waals surface area contributed by atoms with Crippen LogP contribution in [0.2, 0.25) is 0 Å². The van der Waals surface area contributed by atoms with Crippen LogP contribution in [0.5, 0.6) is 0 Å². The van der Waals surface area contributed by atoms with E-state index in [9.17, 15) is 0 Å². The van der Waals surface area contributed by atoms with Crippen molar-refractivity contribution in [3.8, 4) is 0 Å². The topological polar surface area (TPSA) is 29.5 Å². The normalized spacial score (nSPS) is 10.8. The predicted molar refractivity (Wildman–Crippen MR) is 52.9 cm³/mol. The Kier molecular flexibility index (Phi) is 23.5. The van der Waals surface area contributed by atoms with Gasteiger partial charge in [0.05, 0.1) is 0 Å². The molecule has 0 aromatic heterocycles. The zero-order valence-corrected chi connectivity index (χ0v) is 11.3. The van der Waals surface area contributed by atoms with E-state index in [1.807, 2.05) is 12.2 Å². The Labute approximate surface area is 98.9 Å². The van der Waals surface area contributed by atoms with E-state index in [1.165, 1.54) is 0 Å². The summed E-state index contributed by atoms with van der Waals surface area (Å²) in [5, 5.41) is 7.72. The van der Waals surface area contributed by atoms with Crippen LogP contribution >= 0.6 is 17.0 Å². The van der Waals surface area contributed by atoms with Crippen molar-refractivity contribution in [1.29, 1.82) is 0 Å². The molecule has 1 radical (unpaired) electrons. The Morgan fingerprint density at radius 2 is 2.31 bits per heavy atom. The first kappa shape index (κ1) is 16.4. The van der Waals surface area contributed by atoms with Crippen LogP contribution in [0.3, 0.4) is 0 Å². The van der Waals surface area contributed by atoms with Gasteiger partial charge in [0.15, 0.2) is 0 Å². The van der Waals surface area contributed by atoms with E-state index in [0.717, 1.165) is 6.42 Å². The molecule has 1 N–H and O–H groups in total. The second kappa shape index (κ2) is 18.7. The molecule has 0 saturated carbocycles. The molecule has 0 aromatic rings. The summed E-state index contributed by atoms with van der Waals surface area (Å²) in [7, 11) is 10.5. The van der Waals surface area contributed by atoms with Crippen molar-refractivity contribution in [3.05, 3.63) is 24.3 Å². The Morgan fingerprint density at radius 3 is 2.38 bits per heavy atom. The van der Waals surface area contributed by atoms with E-state index in [0.29, 0.717) is 14.3 Å². The van der Waals surface area contributed by atoms with Gasteiger partial charge in [-0.1, -0.05) is 0 Å². The fourth-order valence-corrected chi connectivity index (χ4v) is 0.415. The number of rotatable bonds is 2. The molecule has 0 fully saturated rings. The van der Waals surface area contributed by atoms with Crippen LogP contribution in [-0.2, 0) is 25.5 Å². The summed E-state index contributed by atoms with van der Waals surface area (Å²) in [5.74, 6) is 0. The molecule has 0 bridgehead atoms. The standard InChI is InChI=1S/C5H5.C2H6BO2.2ClH.Zr/c1-2-4-5-3-1;1-2-5-3-4;;;/h1-3H,4H2;4H,2H2,1H3;2*1H;/q-1;;;;+2/p-2. The molecule has 1 rings (SSSR count). The summed E-state index contributed by atoms with van der Waals surface area (Å²) >= 11 is -0.826. The molecule has 6 heteroatoms. The Hall–Kier alpha value is 0.928. The fourth-order valence-electron chi connectivity index (χ4n) is 0.415. The molecule has 1 aliphatic carbocycles. The molecule has 73 valence electrons. The molecule has 0 saturated heterocycles. The molecule has 0 spiro atoms. The maximum atomic E-state index is 7.72. The molecule has 0 heterocycles. The Morgan fingerprint density at radius 1 is 1.69 bits per heavy atom. The summed E-state index contributed by atoms with van der Waals surface area (Å²) in [6, 6.07) is 0. The van der Waals surface area contributed by atoms with Gasteiger partial charge in [-0.3, -0.25) is 6.08 Å². The fraction of sp³-hybridized carbons (Fsp3) is 0.429. The van der Waals surface area contributed by atoms with Gasteiger partial charge in [-0.2, -0.15) is 6.08 Å². The van der Waals surface area contributed by atoms with Gasteiger partial charge in [-0.25, -0.2) is 12.2 Å². The number of halogens is 2. The zero-order valence-electron chi connectivity index (χ0n) is 7.34. The van der Waals surface area contributed by atoms with Gasteiger partial charge in [-0.05, 0) is 6.92 Å². The van der Waals surface area contributed by atoms with Gasteiger partial charge in [0.2, 0.25) is 0 Å². The summed E-state index contributed by atoms with van der Waals surface area (Å²) in [5.41, 5.74) is 0. The van der Waals surface area contributed by atoms with Gasteiger partial charge in [0, 0.05) is 6.61 Å². The maximum absolute atomic E-state index is 7.72. The molecular formula is C7H11BCl2O2Zr-. The SMILES string of the molecule is CCO[B]O.[C-]1=CC=CC1.[Cl][Zr][Cl]. The first-order valence-electron chi connectivity index (χ1n) is 3.58. The van der Waals surface area contributed by atoms with E-state index in [4.69, 9.17) is 22.0 Å². The third-order valence-corrected chi connectivity index (χ3v) is 0.827. The van der Waals surface area contributed by atoms with Crippen LogP contribution in [0.15, 0.2) is 18.2 Å². The third kappa shape index (κ3) is 24.6. The Balaban J connectivity index is 0. The van der Waals surface area contributed by atoms with Crippen molar-refractivity contribution in [2.24, 2.45) is 0 Å². The van der Waals surface area contributed by atoms with E-state index < -0.39 is 20.8 Å². The summed E-state index contributed by atoms with van der Waals surface area (Å²) in [6.07, 6.45) is 10.0. The number of hydrogen-bond acceptors (Lipinski definition) is 2. The van der Waals surface area contributed by atoms with Crippen molar-refractivity contribution in [2.45, 2.75) is 13.3 Å². The van der Waals surface area contributed by atoms with Gasteiger partial charge in [0.1, 0.15) is 0 Å². The molecule has 2 nitrogen and oxygen atoms in total. The molecule has 13 heavy (non-hydrogen) atoms. The predicted octanol–water partition coefficient (Wildman–Crippen LogP) is 2.23. The minimum absolute atomic E-state index is 0.538. The monoisotopic (exact) mass is 298 g/mol. The second-order valence-electron chi connectivity index (χ2n) is 1.64. The van der Waals surface area contributed by atoms with Crippen LogP contribution < -0.4 is 0 Å². The van der Waals surface area contributed by atoms with Crippen molar-refractivity contribution < 1.29 is 30.5 Å². The van der Waals surface area contributed by atoms with Crippen LogP contribution in [0, 0.1) is 6.08 Å². The number of allylic oxidation sites excluding steroid dienone is 4. The summed E-state index contributed by atoms with van der Waals surface area (Å²) in [6.45, 7) is 2.34. The first-order chi connectivity index (χ1) is 6.33. The summed E-state index contributed by atoms with van der Waals surface area (Å²) in [4.78, 5) is 0. The zero-order chi connectivity index (χ0) is 10.4. The Bertz CT molecular complexity index is 122. The average molecular weight is 300 g/mol.